The van der Waals surface area contributed by atoms with Crippen molar-refractivity contribution >= 4 is 44.2 Å². The van der Waals surface area contributed by atoms with E-state index in [9.17, 15) is 18.0 Å². The van der Waals surface area contributed by atoms with Crippen molar-refractivity contribution in [2.24, 2.45) is 0 Å². The number of amides is 1. The average molecular weight is 498 g/mol. The summed E-state index contributed by atoms with van der Waals surface area (Å²) in [6.07, 6.45) is 0.433. The molecule has 2 aromatic carbocycles. The molecule has 1 atom stereocenters. The highest BCUT2D eigenvalue weighted by Crippen LogP contribution is 2.22. The van der Waals surface area contributed by atoms with Crippen LogP contribution in [0.5, 0.6) is 0 Å². The first kappa shape index (κ1) is 22.6. The van der Waals surface area contributed by atoms with Crippen molar-refractivity contribution in [3.8, 4) is 0 Å². The Kier molecular flexibility index (Phi) is 5.90. The second kappa shape index (κ2) is 8.88. The molecule has 5 rings (SSSR count). The van der Waals surface area contributed by atoms with Crippen LogP contribution < -0.4 is 10.9 Å². The maximum absolute atomic E-state index is 13.3. The molecule has 0 saturated carbocycles. The number of hydrogen-bond donors (Lipinski definition) is 1. The zero-order valence-corrected chi connectivity index (χ0v) is 20.1. The van der Waals surface area contributed by atoms with Gasteiger partial charge in [0.25, 0.3) is 5.56 Å². The molecule has 9 nitrogen and oxygen atoms in total. The van der Waals surface area contributed by atoms with E-state index in [1.807, 2.05) is 49.4 Å². The average Bonchev–Trinajstić information content (AvgIpc) is 3.39. The number of carbonyl (C=O) groups excluding carboxylic acids is 1. The van der Waals surface area contributed by atoms with Crippen molar-refractivity contribution in [3.63, 3.8) is 0 Å². The molecule has 0 aliphatic carbocycles. The molecule has 2 aromatic heterocycles. The molecule has 0 spiro atoms. The molecule has 1 unspecified atom stereocenters. The Balaban J connectivity index is 1.46. The van der Waals surface area contributed by atoms with Crippen LogP contribution in [0.2, 0.25) is 0 Å². The topological polar surface area (TPSA) is 115 Å². The van der Waals surface area contributed by atoms with Gasteiger partial charge in [-0.1, -0.05) is 53.7 Å². The van der Waals surface area contributed by atoms with Gasteiger partial charge in [0.15, 0.2) is 15.0 Å². The summed E-state index contributed by atoms with van der Waals surface area (Å²) in [5.41, 5.74) is 2.60. The van der Waals surface area contributed by atoms with E-state index >= 15 is 0 Å². The highest BCUT2D eigenvalue weighted by molar-refractivity contribution is 7.99. The number of nitrogens with one attached hydrogen (secondary N) is 1. The fraction of sp³-hybridized carbons (Fsp3) is 0.304. The summed E-state index contributed by atoms with van der Waals surface area (Å²) in [7, 11) is -3.07. The first-order valence-electron chi connectivity index (χ1n) is 10.9. The predicted molar refractivity (Wildman–Crippen MR) is 131 cm³/mol. The fourth-order valence-corrected chi connectivity index (χ4v) is 6.58. The zero-order valence-electron chi connectivity index (χ0n) is 18.5. The van der Waals surface area contributed by atoms with Crippen LogP contribution in [0, 0.1) is 6.92 Å². The number of fused-ring (bicyclic) bond motifs is 3. The molecule has 1 saturated heterocycles. The van der Waals surface area contributed by atoms with E-state index in [1.165, 1.54) is 11.8 Å². The van der Waals surface area contributed by atoms with Crippen molar-refractivity contribution in [1.82, 2.24) is 24.5 Å². The summed E-state index contributed by atoms with van der Waals surface area (Å²) in [4.78, 5) is 25.8. The Morgan fingerprint density at radius 2 is 1.91 bits per heavy atom. The fourth-order valence-electron chi connectivity index (χ4n) is 4.15. The molecule has 1 N–H and O–H groups in total. The van der Waals surface area contributed by atoms with Gasteiger partial charge in [0.05, 0.1) is 34.7 Å². The van der Waals surface area contributed by atoms with Crippen LogP contribution in [0.4, 0.5) is 0 Å². The van der Waals surface area contributed by atoms with E-state index in [0.29, 0.717) is 34.8 Å². The number of aryl methyl sites for hydroxylation is 1. The monoisotopic (exact) mass is 497 g/mol. The number of thioether (sulfide) groups is 1. The second-order valence-electron chi connectivity index (χ2n) is 8.47. The lowest BCUT2D eigenvalue weighted by Gasteiger charge is -2.12. The van der Waals surface area contributed by atoms with Crippen LogP contribution >= 0.6 is 11.8 Å². The summed E-state index contributed by atoms with van der Waals surface area (Å²) in [6.45, 7) is 2.35. The molecule has 1 amide bonds. The quantitative estimate of drug-likeness (QED) is 0.404. The van der Waals surface area contributed by atoms with Gasteiger partial charge in [-0.05, 0) is 31.0 Å². The molecule has 1 fully saturated rings. The summed E-state index contributed by atoms with van der Waals surface area (Å²) < 4.78 is 26.7. The Labute approximate surface area is 200 Å². The number of aromatic nitrogens is 4. The van der Waals surface area contributed by atoms with E-state index < -0.39 is 9.84 Å². The molecule has 0 bridgehead atoms. The van der Waals surface area contributed by atoms with Crippen LogP contribution in [-0.2, 0) is 21.2 Å². The highest BCUT2D eigenvalue weighted by atomic mass is 32.2. The number of hydrogen-bond acceptors (Lipinski definition) is 7. The Bertz CT molecular complexity index is 1560. The Morgan fingerprint density at radius 3 is 2.65 bits per heavy atom. The zero-order chi connectivity index (χ0) is 23.9. The molecule has 1 aliphatic heterocycles. The van der Waals surface area contributed by atoms with Crippen LogP contribution in [-0.4, -0.2) is 56.8 Å². The lowest BCUT2D eigenvalue weighted by molar-refractivity contribution is -0.119. The third kappa shape index (κ3) is 4.45. The lowest BCUT2D eigenvalue weighted by Crippen LogP contribution is -2.36. The van der Waals surface area contributed by atoms with E-state index in [0.717, 1.165) is 11.1 Å². The summed E-state index contributed by atoms with van der Waals surface area (Å²) >= 11 is 1.20. The van der Waals surface area contributed by atoms with Gasteiger partial charge in [-0.2, -0.15) is 0 Å². The minimum atomic E-state index is -3.07. The molecule has 1 aliphatic rings. The van der Waals surface area contributed by atoms with E-state index in [-0.39, 0.29) is 34.8 Å². The second-order valence-corrected chi connectivity index (χ2v) is 11.6. The van der Waals surface area contributed by atoms with Crippen molar-refractivity contribution in [1.29, 1.82) is 0 Å². The molecular formula is C23H23N5O4S2. The number of para-hydroxylation sites is 1. The molecule has 4 aromatic rings. The molecule has 11 heteroatoms. The van der Waals surface area contributed by atoms with Gasteiger partial charge in [0.2, 0.25) is 11.7 Å². The van der Waals surface area contributed by atoms with Gasteiger partial charge in [-0.3, -0.25) is 18.6 Å². The first-order valence-corrected chi connectivity index (χ1v) is 13.7. The van der Waals surface area contributed by atoms with Crippen molar-refractivity contribution in [2.45, 2.75) is 31.1 Å². The lowest BCUT2D eigenvalue weighted by atomic mass is 10.1. The minimum Gasteiger partial charge on any atom is -0.352 e. The van der Waals surface area contributed by atoms with Gasteiger partial charge in [-0.25, -0.2) is 8.42 Å². The van der Waals surface area contributed by atoms with Crippen LogP contribution in [0.1, 0.15) is 17.5 Å². The predicted octanol–water partition coefficient (Wildman–Crippen LogP) is 1.80. The number of benzene rings is 2. The SMILES string of the molecule is Cc1ccc(Cn2c(=O)c3ccccc3n3c(SCC(=O)NC4CCS(=O)(=O)C4)nnc23)cc1. The van der Waals surface area contributed by atoms with Gasteiger partial charge in [-0.15, -0.1) is 10.2 Å². The summed E-state index contributed by atoms with van der Waals surface area (Å²) in [5, 5.41) is 12.4. The van der Waals surface area contributed by atoms with Crippen LogP contribution in [0.3, 0.4) is 0 Å². The maximum atomic E-state index is 13.3. The van der Waals surface area contributed by atoms with Crippen LogP contribution in [0.25, 0.3) is 16.7 Å². The largest absolute Gasteiger partial charge is 0.352 e. The summed E-state index contributed by atoms with van der Waals surface area (Å²) in [6, 6.07) is 14.9. The van der Waals surface area contributed by atoms with Gasteiger partial charge < -0.3 is 5.32 Å². The summed E-state index contributed by atoms with van der Waals surface area (Å²) in [5.74, 6) is 0.274. The molecular weight excluding hydrogens is 474 g/mol. The molecule has 3 heterocycles. The van der Waals surface area contributed by atoms with E-state index in [2.05, 4.69) is 15.5 Å². The number of nitrogens with zero attached hydrogens (tertiary/aromatic N) is 4. The van der Waals surface area contributed by atoms with Gasteiger partial charge in [0, 0.05) is 6.04 Å². The molecule has 0 radical (unpaired) electrons. The number of carbonyl (C=O) groups is 1. The maximum Gasteiger partial charge on any atom is 0.263 e. The van der Waals surface area contributed by atoms with Gasteiger partial charge >= 0.3 is 0 Å². The standard InChI is InChI=1S/C23H23N5O4S2/c1-15-6-8-16(9-7-15)12-27-21(30)18-4-2-3-5-19(18)28-22(27)25-26-23(28)33-13-20(29)24-17-10-11-34(31,32)14-17/h2-9,17H,10-14H2,1H3,(H,24,29). The minimum absolute atomic E-state index is 0.0206. The highest BCUT2D eigenvalue weighted by Gasteiger charge is 2.29. The smallest absolute Gasteiger partial charge is 0.263 e. The first-order chi connectivity index (χ1) is 16.3. The molecule has 176 valence electrons. The number of rotatable bonds is 6. The van der Waals surface area contributed by atoms with Crippen molar-refractivity contribution < 1.29 is 13.2 Å². The third-order valence-electron chi connectivity index (χ3n) is 5.87. The molecule has 34 heavy (non-hydrogen) atoms. The van der Waals surface area contributed by atoms with Crippen molar-refractivity contribution in [3.05, 3.63) is 70.0 Å². The van der Waals surface area contributed by atoms with Crippen LogP contribution in [0.15, 0.2) is 58.5 Å². The van der Waals surface area contributed by atoms with E-state index in [1.54, 1.807) is 15.0 Å². The Hall–Kier alpha value is -3.18. The van der Waals surface area contributed by atoms with Gasteiger partial charge in [0.1, 0.15) is 0 Å². The third-order valence-corrected chi connectivity index (χ3v) is 8.57. The Morgan fingerprint density at radius 1 is 1.15 bits per heavy atom. The normalized spacial score (nSPS) is 17.4. The van der Waals surface area contributed by atoms with E-state index in [4.69, 9.17) is 0 Å². The number of sulfone groups is 1. The van der Waals surface area contributed by atoms with Crippen molar-refractivity contribution in [2.75, 3.05) is 17.3 Å².